The highest BCUT2D eigenvalue weighted by Crippen LogP contribution is 2.24. The summed E-state index contributed by atoms with van der Waals surface area (Å²) in [5.41, 5.74) is 1.50. The SMILES string of the molecule is O=C1C=C(c2cccc(C3=CC(=O)NC3=O)c2)C(=O)N1.Oc1ccccc1.Oc1ccccc1. The fourth-order valence-electron chi connectivity index (χ4n) is 2.96. The number of carbonyl (C=O) groups excluding carboxylic acids is 4. The number of nitrogens with one attached hydrogen (secondary N) is 2. The van der Waals surface area contributed by atoms with Crippen LogP contribution in [0.1, 0.15) is 11.1 Å². The molecule has 4 amide bonds. The van der Waals surface area contributed by atoms with Gasteiger partial charge in [-0.3, -0.25) is 29.8 Å². The summed E-state index contributed by atoms with van der Waals surface area (Å²) in [5.74, 6) is -1.25. The molecular weight excluding hydrogens is 436 g/mol. The predicted octanol–water partition coefficient (Wildman–Crippen LogP) is 2.55. The lowest BCUT2D eigenvalue weighted by Gasteiger charge is -2.04. The van der Waals surface area contributed by atoms with Crippen molar-refractivity contribution in [2.24, 2.45) is 0 Å². The number of benzene rings is 3. The van der Waals surface area contributed by atoms with Gasteiger partial charge in [-0.25, -0.2) is 0 Å². The zero-order valence-electron chi connectivity index (χ0n) is 17.8. The highest BCUT2D eigenvalue weighted by atomic mass is 16.3. The van der Waals surface area contributed by atoms with E-state index in [9.17, 15) is 19.2 Å². The zero-order chi connectivity index (χ0) is 24.5. The second kappa shape index (κ2) is 11.1. The first kappa shape index (κ1) is 23.7. The Morgan fingerprint density at radius 1 is 0.500 bits per heavy atom. The quantitative estimate of drug-likeness (QED) is 0.438. The molecule has 34 heavy (non-hydrogen) atoms. The molecule has 2 heterocycles. The monoisotopic (exact) mass is 456 g/mol. The number of hydrogen-bond donors (Lipinski definition) is 4. The van der Waals surface area contributed by atoms with Crippen LogP contribution >= 0.6 is 0 Å². The van der Waals surface area contributed by atoms with Gasteiger partial charge in [0.2, 0.25) is 0 Å². The summed E-state index contributed by atoms with van der Waals surface area (Å²) in [7, 11) is 0. The van der Waals surface area contributed by atoms with Crippen molar-refractivity contribution in [3.8, 4) is 11.5 Å². The van der Waals surface area contributed by atoms with Gasteiger partial charge in [0.1, 0.15) is 11.5 Å². The first-order valence-corrected chi connectivity index (χ1v) is 10.1. The molecule has 2 aliphatic heterocycles. The van der Waals surface area contributed by atoms with E-state index in [1.807, 2.05) is 12.1 Å². The molecule has 0 aliphatic carbocycles. The number of phenols is 2. The molecule has 0 spiro atoms. The van der Waals surface area contributed by atoms with Crippen LogP contribution in [0.3, 0.4) is 0 Å². The minimum absolute atomic E-state index is 0.238. The van der Waals surface area contributed by atoms with Crippen molar-refractivity contribution in [1.29, 1.82) is 0 Å². The number of amides is 4. The first-order chi connectivity index (χ1) is 16.3. The second-order valence-corrected chi connectivity index (χ2v) is 7.00. The van der Waals surface area contributed by atoms with Crippen molar-refractivity contribution in [3.05, 3.63) is 108 Å². The van der Waals surface area contributed by atoms with Crippen LogP contribution in [0.25, 0.3) is 11.1 Å². The van der Waals surface area contributed by atoms with E-state index in [4.69, 9.17) is 10.2 Å². The van der Waals surface area contributed by atoms with E-state index in [0.717, 1.165) is 0 Å². The van der Waals surface area contributed by atoms with Crippen LogP contribution in [-0.2, 0) is 19.2 Å². The van der Waals surface area contributed by atoms with Crippen molar-refractivity contribution in [3.63, 3.8) is 0 Å². The van der Waals surface area contributed by atoms with Crippen LogP contribution in [0.5, 0.6) is 11.5 Å². The molecule has 8 heteroatoms. The van der Waals surface area contributed by atoms with Crippen LogP contribution in [0.4, 0.5) is 0 Å². The maximum Gasteiger partial charge on any atom is 0.258 e. The number of carbonyl (C=O) groups is 4. The minimum atomic E-state index is -0.479. The molecule has 4 N–H and O–H groups in total. The van der Waals surface area contributed by atoms with Crippen molar-refractivity contribution < 1.29 is 29.4 Å². The van der Waals surface area contributed by atoms with Crippen LogP contribution in [0.15, 0.2) is 97.1 Å². The smallest absolute Gasteiger partial charge is 0.258 e. The molecule has 5 rings (SSSR count). The molecule has 3 aromatic carbocycles. The molecule has 0 unspecified atom stereocenters. The number of para-hydroxylation sites is 2. The molecule has 0 saturated carbocycles. The third-order valence-electron chi connectivity index (χ3n) is 4.51. The Morgan fingerprint density at radius 2 is 0.882 bits per heavy atom. The third kappa shape index (κ3) is 6.51. The highest BCUT2D eigenvalue weighted by Gasteiger charge is 2.25. The fourth-order valence-corrected chi connectivity index (χ4v) is 2.96. The van der Waals surface area contributed by atoms with Gasteiger partial charge in [0.15, 0.2) is 0 Å². The van der Waals surface area contributed by atoms with Crippen molar-refractivity contribution in [2.45, 2.75) is 0 Å². The van der Waals surface area contributed by atoms with Gasteiger partial charge < -0.3 is 10.2 Å². The van der Waals surface area contributed by atoms with E-state index in [1.165, 1.54) is 12.2 Å². The largest absolute Gasteiger partial charge is 0.508 e. The van der Waals surface area contributed by atoms with E-state index in [1.54, 1.807) is 72.8 Å². The normalized spacial score (nSPS) is 14.0. The van der Waals surface area contributed by atoms with Gasteiger partial charge in [0, 0.05) is 12.2 Å². The topological polar surface area (TPSA) is 133 Å². The Kier molecular flexibility index (Phi) is 7.70. The van der Waals surface area contributed by atoms with Gasteiger partial charge in [-0.2, -0.15) is 0 Å². The van der Waals surface area contributed by atoms with E-state index >= 15 is 0 Å². The maximum atomic E-state index is 11.6. The lowest BCUT2D eigenvalue weighted by molar-refractivity contribution is -0.124. The lowest BCUT2D eigenvalue weighted by atomic mass is 9.99. The van der Waals surface area contributed by atoms with Gasteiger partial charge in [-0.05, 0) is 41.5 Å². The number of rotatable bonds is 2. The average molecular weight is 456 g/mol. The Hall–Kier alpha value is -4.98. The van der Waals surface area contributed by atoms with Crippen molar-refractivity contribution in [2.75, 3.05) is 0 Å². The van der Waals surface area contributed by atoms with Crippen LogP contribution in [0.2, 0.25) is 0 Å². The zero-order valence-corrected chi connectivity index (χ0v) is 17.8. The molecule has 2 aliphatic rings. The van der Waals surface area contributed by atoms with E-state index < -0.39 is 23.6 Å². The van der Waals surface area contributed by atoms with Crippen LogP contribution < -0.4 is 10.6 Å². The van der Waals surface area contributed by atoms with Gasteiger partial charge in [-0.15, -0.1) is 0 Å². The van der Waals surface area contributed by atoms with Crippen molar-refractivity contribution >= 4 is 34.8 Å². The molecule has 8 nitrogen and oxygen atoms in total. The molecule has 0 atom stereocenters. The summed E-state index contributed by atoms with van der Waals surface area (Å²) in [4.78, 5) is 45.5. The molecule has 0 saturated heterocycles. The second-order valence-electron chi connectivity index (χ2n) is 7.00. The van der Waals surface area contributed by atoms with Gasteiger partial charge in [0.05, 0.1) is 11.1 Å². The fraction of sp³-hybridized carbons (Fsp3) is 0. The van der Waals surface area contributed by atoms with E-state index in [2.05, 4.69) is 10.6 Å². The Balaban J connectivity index is 0.000000188. The van der Waals surface area contributed by atoms with E-state index in [-0.39, 0.29) is 11.1 Å². The summed E-state index contributed by atoms with van der Waals surface area (Å²) in [6, 6.07) is 24.0. The molecule has 0 aromatic heterocycles. The van der Waals surface area contributed by atoms with Crippen LogP contribution in [0, 0.1) is 0 Å². The molecular formula is C26H20N2O6. The summed E-state index contributed by atoms with van der Waals surface area (Å²) in [5, 5.41) is 21.6. The minimum Gasteiger partial charge on any atom is -0.508 e. The highest BCUT2D eigenvalue weighted by molar-refractivity contribution is 6.35. The van der Waals surface area contributed by atoms with E-state index in [0.29, 0.717) is 22.6 Å². The third-order valence-corrected chi connectivity index (χ3v) is 4.51. The van der Waals surface area contributed by atoms with Gasteiger partial charge >= 0.3 is 0 Å². The molecule has 0 bridgehead atoms. The Morgan fingerprint density at radius 3 is 1.15 bits per heavy atom. The summed E-state index contributed by atoms with van der Waals surface area (Å²) in [6.45, 7) is 0. The Labute approximate surface area is 194 Å². The van der Waals surface area contributed by atoms with Gasteiger partial charge in [-0.1, -0.05) is 54.6 Å². The summed E-state index contributed by atoms with van der Waals surface area (Å²) < 4.78 is 0. The predicted molar refractivity (Wildman–Crippen MR) is 125 cm³/mol. The lowest BCUT2D eigenvalue weighted by Crippen LogP contribution is -2.22. The molecule has 0 radical (unpaired) electrons. The molecule has 170 valence electrons. The first-order valence-electron chi connectivity index (χ1n) is 10.1. The van der Waals surface area contributed by atoms with Gasteiger partial charge in [0.25, 0.3) is 23.6 Å². The molecule has 0 fully saturated rings. The average Bonchev–Trinajstić information content (AvgIpc) is 3.35. The number of phenolic OH excluding ortho intramolecular Hbond substituents is 2. The standard InChI is InChI=1S/C14H8N2O4.2C6H6O/c17-11-5-9(13(19)15-11)7-2-1-3-8(4-7)10-6-12(18)16-14(10)20;2*7-6-4-2-1-3-5-6/h1-6H,(H,15,17,19)(H,16,18,20);2*1-5,7H. The summed E-state index contributed by atoms with van der Waals surface area (Å²) in [6.07, 6.45) is 2.41. The Bertz CT molecular complexity index is 1180. The number of aromatic hydroxyl groups is 2. The van der Waals surface area contributed by atoms with Crippen LogP contribution in [-0.4, -0.2) is 33.8 Å². The number of imide groups is 2. The van der Waals surface area contributed by atoms with Crippen molar-refractivity contribution in [1.82, 2.24) is 10.6 Å². The molecule has 3 aromatic rings. The maximum absolute atomic E-state index is 11.6. The number of hydrogen-bond acceptors (Lipinski definition) is 6. The summed E-state index contributed by atoms with van der Waals surface area (Å²) >= 11 is 0.